The number of benzene rings is 3. The van der Waals surface area contributed by atoms with Gasteiger partial charge in [0, 0.05) is 47.7 Å². The SMILES string of the molecule is CC(C)(C)OC(=O)CC[C@@]1(C(=O)NCc2ccccc2C(F)(F)F)N=C(c2ccc(OCCCO)cc2)O[C@@H]1c1ccccc1N=[N+]=[N-]. The molecule has 14 heteroatoms. The molecule has 1 heterocycles. The van der Waals surface area contributed by atoms with Crippen molar-refractivity contribution in [1.29, 1.82) is 0 Å². The number of carbonyl (C=O) groups excluding carboxylic acids is 2. The predicted molar refractivity (Wildman–Crippen MR) is 170 cm³/mol. The first-order valence-corrected chi connectivity index (χ1v) is 15.2. The van der Waals surface area contributed by atoms with Crippen LogP contribution in [0.2, 0.25) is 0 Å². The molecule has 48 heavy (non-hydrogen) atoms. The Balaban J connectivity index is 1.81. The molecule has 0 spiro atoms. The van der Waals surface area contributed by atoms with E-state index in [4.69, 9.17) is 24.3 Å². The summed E-state index contributed by atoms with van der Waals surface area (Å²) in [5, 5.41) is 15.4. The number of aliphatic hydroxyl groups excluding tert-OH is 1. The van der Waals surface area contributed by atoms with Crippen molar-refractivity contribution in [3.05, 3.63) is 105 Å². The number of aliphatic hydroxyl groups is 1. The average molecular weight is 668 g/mol. The van der Waals surface area contributed by atoms with Gasteiger partial charge >= 0.3 is 12.1 Å². The molecule has 0 saturated heterocycles. The highest BCUT2D eigenvalue weighted by Crippen LogP contribution is 2.46. The van der Waals surface area contributed by atoms with Crippen LogP contribution in [-0.4, -0.2) is 47.2 Å². The smallest absolute Gasteiger partial charge is 0.416 e. The quantitative estimate of drug-likeness (QED) is 0.0651. The van der Waals surface area contributed by atoms with Gasteiger partial charge in [-0.3, -0.25) is 9.59 Å². The predicted octanol–water partition coefficient (Wildman–Crippen LogP) is 7.10. The van der Waals surface area contributed by atoms with Gasteiger partial charge in [-0.15, -0.1) is 0 Å². The van der Waals surface area contributed by atoms with Crippen LogP contribution < -0.4 is 10.1 Å². The third-order valence-corrected chi connectivity index (χ3v) is 7.29. The fraction of sp³-hybridized carbons (Fsp3) is 0.382. The molecular formula is C34H36F3N5O6. The first-order valence-electron chi connectivity index (χ1n) is 15.2. The minimum Gasteiger partial charge on any atom is -0.494 e. The van der Waals surface area contributed by atoms with Crippen LogP contribution in [0.25, 0.3) is 10.4 Å². The summed E-state index contributed by atoms with van der Waals surface area (Å²) in [6.07, 6.45) is -6.07. The lowest BCUT2D eigenvalue weighted by Gasteiger charge is -2.31. The monoisotopic (exact) mass is 667 g/mol. The number of aliphatic imine (C=N–C) groups is 1. The summed E-state index contributed by atoms with van der Waals surface area (Å²) in [6.45, 7) is 4.83. The van der Waals surface area contributed by atoms with E-state index in [0.29, 0.717) is 17.7 Å². The van der Waals surface area contributed by atoms with Crippen molar-refractivity contribution < 1.29 is 42.1 Å². The summed E-state index contributed by atoms with van der Waals surface area (Å²) in [5.41, 5.74) is 6.28. The number of azide groups is 1. The molecule has 3 aromatic carbocycles. The molecule has 0 unspecified atom stereocenters. The van der Waals surface area contributed by atoms with Crippen molar-refractivity contribution in [2.75, 3.05) is 13.2 Å². The van der Waals surface area contributed by atoms with Crippen molar-refractivity contribution in [1.82, 2.24) is 5.32 Å². The Bertz CT molecular complexity index is 1680. The Labute approximate surface area is 275 Å². The summed E-state index contributed by atoms with van der Waals surface area (Å²) < 4.78 is 58.8. The lowest BCUT2D eigenvalue weighted by Crippen LogP contribution is -2.48. The van der Waals surface area contributed by atoms with E-state index in [9.17, 15) is 28.3 Å². The van der Waals surface area contributed by atoms with E-state index in [2.05, 4.69) is 15.3 Å². The number of esters is 1. The van der Waals surface area contributed by atoms with E-state index in [-0.39, 0.29) is 48.8 Å². The fourth-order valence-corrected chi connectivity index (χ4v) is 5.16. The van der Waals surface area contributed by atoms with E-state index in [0.717, 1.165) is 6.07 Å². The zero-order valence-corrected chi connectivity index (χ0v) is 26.7. The van der Waals surface area contributed by atoms with E-state index in [1.165, 1.54) is 24.3 Å². The number of carbonyl (C=O) groups is 2. The number of amides is 1. The average Bonchev–Trinajstić information content (AvgIpc) is 3.43. The molecule has 1 aliphatic rings. The number of hydrogen-bond donors (Lipinski definition) is 2. The standard InChI is InChI=1S/C34H36F3N5O6/c1-32(2,3)48-28(44)17-18-33(31(45)39-21-23-9-4-6-11-26(23)34(35,36)37)29(25-10-5-7-12-27(25)41-42-38)47-30(40-33)22-13-15-24(16-14-22)46-20-8-19-43/h4-7,9-16,29,43H,8,17-21H2,1-3H3,(H,39,45)/t29-,33-/m1/s1. The fourth-order valence-electron chi connectivity index (χ4n) is 5.16. The number of rotatable bonds is 13. The van der Waals surface area contributed by atoms with Gasteiger partial charge in [0.05, 0.1) is 12.2 Å². The zero-order valence-electron chi connectivity index (χ0n) is 26.7. The van der Waals surface area contributed by atoms with Gasteiger partial charge in [0.15, 0.2) is 11.6 Å². The van der Waals surface area contributed by atoms with Gasteiger partial charge in [-0.05, 0) is 68.6 Å². The first kappa shape index (κ1) is 35.8. The summed E-state index contributed by atoms with van der Waals surface area (Å²) in [4.78, 5) is 35.0. The summed E-state index contributed by atoms with van der Waals surface area (Å²) in [6, 6.07) is 17.8. The highest BCUT2D eigenvalue weighted by molar-refractivity contribution is 6.01. The molecule has 4 rings (SSSR count). The van der Waals surface area contributed by atoms with Crippen molar-refractivity contribution in [3.8, 4) is 5.75 Å². The molecule has 0 aliphatic carbocycles. The van der Waals surface area contributed by atoms with Crippen molar-refractivity contribution >= 4 is 23.5 Å². The number of nitrogens with zero attached hydrogens (tertiary/aromatic N) is 4. The highest BCUT2D eigenvalue weighted by atomic mass is 19.4. The Morgan fingerprint density at radius 2 is 1.75 bits per heavy atom. The van der Waals surface area contributed by atoms with E-state index >= 15 is 0 Å². The van der Waals surface area contributed by atoms with Crippen LogP contribution in [0.4, 0.5) is 18.9 Å². The van der Waals surface area contributed by atoms with Crippen molar-refractivity contribution in [3.63, 3.8) is 0 Å². The van der Waals surface area contributed by atoms with E-state index in [1.807, 2.05) is 0 Å². The van der Waals surface area contributed by atoms with Gasteiger partial charge in [0.2, 0.25) is 5.90 Å². The molecule has 2 atom stereocenters. The van der Waals surface area contributed by atoms with Crippen LogP contribution in [-0.2, 0) is 31.8 Å². The van der Waals surface area contributed by atoms with Gasteiger partial charge in [-0.25, -0.2) is 4.99 Å². The Morgan fingerprint density at radius 3 is 2.42 bits per heavy atom. The third kappa shape index (κ3) is 8.84. The van der Waals surface area contributed by atoms with Crippen LogP contribution in [0.1, 0.15) is 68.4 Å². The second-order valence-corrected chi connectivity index (χ2v) is 12.0. The van der Waals surface area contributed by atoms with Gasteiger partial charge in [0.25, 0.3) is 5.91 Å². The second kappa shape index (κ2) is 15.2. The number of alkyl halides is 3. The lowest BCUT2D eigenvalue weighted by molar-refractivity contribution is -0.155. The van der Waals surface area contributed by atoms with E-state index in [1.54, 1.807) is 63.2 Å². The summed E-state index contributed by atoms with van der Waals surface area (Å²) in [5.74, 6) is -0.934. The minimum absolute atomic E-state index is 0.00711. The van der Waals surface area contributed by atoms with Gasteiger partial charge in [0.1, 0.15) is 11.4 Å². The summed E-state index contributed by atoms with van der Waals surface area (Å²) >= 11 is 0. The number of nitrogens with one attached hydrogen (secondary N) is 1. The van der Waals surface area contributed by atoms with Gasteiger partial charge in [-0.2, -0.15) is 13.2 Å². The molecular weight excluding hydrogens is 631 g/mol. The molecule has 1 amide bonds. The number of ether oxygens (including phenoxy) is 3. The maximum atomic E-state index is 14.4. The number of hydrogen-bond acceptors (Lipinski definition) is 8. The largest absolute Gasteiger partial charge is 0.494 e. The van der Waals surface area contributed by atoms with Crippen LogP contribution in [0, 0.1) is 0 Å². The third-order valence-electron chi connectivity index (χ3n) is 7.29. The molecule has 0 fully saturated rings. The second-order valence-electron chi connectivity index (χ2n) is 12.0. The van der Waals surface area contributed by atoms with Crippen molar-refractivity contribution in [2.45, 2.75) is 70.0 Å². The molecule has 11 nitrogen and oxygen atoms in total. The molecule has 0 saturated carbocycles. The molecule has 0 bridgehead atoms. The van der Waals surface area contributed by atoms with Gasteiger partial charge in [-0.1, -0.05) is 47.6 Å². The van der Waals surface area contributed by atoms with Crippen LogP contribution in [0.15, 0.2) is 82.9 Å². The zero-order chi connectivity index (χ0) is 35.0. The van der Waals surface area contributed by atoms with Crippen LogP contribution in [0.3, 0.4) is 0 Å². The number of halogens is 3. The summed E-state index contributed by atoms with van der Waals surface area (Å²) in [7, 11) is 0. The molecule has 2 N–H and O–H groups in total. The molecule has 1 aliphatic heterocycles. The molecule has 3 aromatic rings. The van der Waals surface area contributed by atoms with E-state index < -0.39 is 47.4 Å². The first-order chi connectivity index (χ1) is 22.8. The topological polar surface area (TPSA) is 155 Å². The van der Waals surface area contributed by atoms with Crippen molar-refractivity contribution in [2.24, 2.45) is 10.1 Å². The lowest BCUT2D eigenvalue weighted by atomic mass is 9.82. The van der Waals surface area contributed by atoms with Crippen LogP contribution >= 0.6 is 0 Å². The highest BCUT2D eigenvalue weighted by Gasteiger charge is 2.54. The molecule has 0 radical (unpaired) electrons. The maximum absolute atomic E-state index is 14.4. The minimum atomic E-state index is -4.66. The Morgan fingerprint density at radius 1 is 1.06 bits per heavy atom. The maximum Gasteiger partial charge on any atom is 0.416 e. The molecule has 0 aromatic heterocycles. The molecule has 254 valence electrons. The van der Waals surface area contributed by atoms with Gasteiger partial charge < -0.3 is 24.6 Å². The van der Waals surface area contributed by atoms with Crippen LogP contribution in [0.5, 0.6) is 5.75 Å². The normalized spacial score (nSPS) is 17.5. The Kier molecular flexibility index (Phi) is 11.3. The Hall–Kier alpha value is -5.07.